The van der Waals surface area contributed by atoms with Crippen molar-refractivity contribution in [2.45, 2.75) is 61.3 Å². The molecule has 0 saturated carbocycles. The summed E-state index contributed by atoms with van der Waals surface area (Å²) in [5, 5.41) is 0. The fourth-order valence-electron chi connectivity index (χ4n) is 3.31. The van der Waals surface area contributed by atoms with Crippen molar-refractivity contribution < 1.29 is 14.4 Å². The Bertz CT molecular complexity index is 497. The van der Waals surface area contributed by atoms with Crippen LogP contribution in [-0.2, 0) is 14.4 Å². The van der Waals surface area contributed by atoms with Crippen molar-refractivity contribution in [3.8, 4) is 0 Å². The number of hydrogen-bond acceptors (Lipinski definition) is 3. The molecule has 1 unspecified atom stereocenters. The molecule has 1 aliphatic heterocycles. The molecule has 1 fully saturated rings. The Morgan fingerprint density at radius 3 is 1.21 bits per heavy atom. The van der Waals surface area contributed by atoms with Crippen LogP contribution in [0.2, 0.25) is 0 Å². The number of carbonyl (C=O) groups is 3. The lowest BCUT2D eigenvalue weighted by Gasteiger charge is -2.29. The Hall–Kier alpha value is -1.59. The van der Waals surface area contributed by atoms with Crippen LogP contribution < -0.4 is 0 Å². The van der Waals surface area contributed by atoms with E-state index >= 15 is 0 Å². The number of nitrogens with zero attached hydrogens (tertiary/aromatic N) is 3. The lowest BCUT2D eigenvalue weighted by atomic mass is 9.96. The van der Waals surface area contributed by atoms with Crippen LogP contribution >= 0.6 is 0 Å². The van der Waals surface area contributed by atoms with Crippen LogP contribution in [0.3, 0.4) is 0 Å². The highest BCUT2D eigenvalue weighted by Gasteiger charge is 2.27. The van der Waals surface area contributed by atoms with Crippen LogP contribution in [0.15, 0.2) is 0 Å². The summed E-state index contributed by atoms with van der Waals surface area (Å²) < 4.78 is 0. The van der Waals surface area contributed by atoms with Crippen molar-refractivity contribution in [1.82, 2.24) is 14.7 Å². The van der Waals surface area contributed by atoms with Gasteiger partial charge in [-0.3, -0.25) is 14.4 Å². The van der Waals surface area contributed by atoms with Gasteiger partial charge in [0, 0.05) is 58.0 Å². The van der Waals surface area contributed by atoms with Gasteiger partial charge in [0.05, 0.1) is 0 Å². The lowest BCUT2D eigenvalue weighted by molar-refractivity contribution is -0.139. The fraction of sp³-hybridized carbons (Fsp3) is 0.864. The second kappa shape index (κ2) is 11.4. The van der Waals surface area contributed by atoms with Gasteiger partial charge in [-0.25, -0.2) is 0 Å². The van der Waals surface area contributed by atoms with Gasteiger partial charge in [0.2, 0.25) is 17.7 Å². The third kappa shape index (κ3) is 7.80. The zero-order chi connectivity index (χ0) is 21.4. The molecule has 6 nitrogen and oxygen atoms in total. The van der Waals surface area contributed by atoms with E-state index in [-0.39, 0.29) is 41.4 Å². The number of amides is 3. The number of rotatable bonds is 6. The molecule has 162 valence electrons. The van der Waals surface area contributed by atoms with Crippen molar-refractivity contribution >= 4 is 17.7 Å². The maximum Gasteiger partial charge on any atom is 0.225 e. The van der Waals surface area contributed by atoms with E-state index in [2.05, 4.69) is 13.8 Å². The number of hydrogen-bond donors (Lipinski definition) is 0. The molecule has 6 heteroatoms. The molecule has 0 aromatic carbocycles. The van der Waals surface area contributed by atoms with Crippen LogP contribution in [0.25, 0.3) is 0 Å². The third-order valence-electron chi connectivity index (χ3n) is 5.49. The van der Waals surface area contributed by atoms with E-state index in [1.54, 1.807) is 0 Å². The second-order valence-electron chi connectivity index (χ2n) is 9.32. The van der Waals surface area contributed by atoms with E-state index in [9.17, 15) is 14.4 Å². The Kier molecular flexibility index (Phi) is 9.97. The zero-order valence-corrected chi connectivity index (χ0v) is 19.0. The monoisotopic (exact) mass is 395 g/mol. The molecule has 0 spiro atoms. The standard InChI is InChI=1S/C22H41N3O3/c1-16(2)14-20(26)23-8-9-24(21(27)15-17(3)4)11-13-25(12-10-23)22(28)19(7)18(5)6/h16-19H,8-15H2,1-7H3. The molecule has 1 aliphatic rings. The van der Waals surface area contributed by atoms with Gasteiger partial charge in [0.25, 0.3) is 0 Å². The Labute approximate surface area is 171 Å². The zero-order valence-electron chi connectivity index (χ0n) is 19.0. The highest BCUT2D eigenvalue weighted by atomic mass is 16.2. The van der Waals surface area contributed by atoms with Gasteiger partial charge >= 0.3 is 0 Å². The van der Waals surface area contributed by atoms with E-state index in [0.717, 1.165) is 0 Å². The maximum absolute atomic E-state index is 12.9. The molecule has 1 atom stereocenters. The van der Waals surface area contributed by atoms with Crippen molar-refractivity contribution in [3.63, 3.8) is 0 Å². The van der Waals surface area contributed by atoms with E-state index in [1.807, 2.05) is 49.3 Å². The maximum atomic E-state index is 12.9. The molecule has 0 aromatic rings. The van der Waals surface area contributed by atoms with Gasteiger partial charge < -0.3 is 14.7 Å². The van der Waals surface area contributed by atoms with Crippen LogP contribution in [0.1, 0.15) is 61.3 Å². The molecular formula is C22H41N3O3. The van der Waals surface area contributed by atoms with Gasteiger partial charge in [-0.1, -0.05) is 48.5 Å². The number of carbonyl (C=O) groups excluding carboxylic acids is 3. The molecule has 1 rings (SSSR count). The van der Waals surface area contributed by atoms with E-state index in [0.29, 0.717) is 52.1 Å². The third-order valence-corrected chi connectivity index (χ3v) is 5.49. The summed E-state index contributed by atoms with van der Waals surface area (Å²) in [7, 11) is 0. The second-order valence-corrected chi connectivity index (χ2v) is 9.32. The van der Waals surface area contributed by atoms with E-state index < -0.39 is 0 Å². The van der Waals surface area contributed by atoms with Crippen molar-refractivity contribution in [3.05, 3.63) is 0 Å². The molecule has 0 bridgehead atoms. The summed E-state index contributed by atoms with van der Waals surface area (Å²) in [6, 6.07) is 0. The Morgan fingerprint density at radius 2 is 0.929 bits per heavy atom. The minimum absolute atomic E-state index is 0.0691. The van der Waals surface area contributed by atoms with Gasteiger partial charge in [-0.2, -0.15) is 0 Å². The van der Waals surface area contributed by atoms with Gasteiger partial charge in [0.15, 0.2) is 0 Å². The van der Waals surface area contributed by atoms with Gasteiger partial charge in [-0.05, 0) is 17.8 Å². The first kappa shape index (κ1) is 24.4. The molecule has 0 aromatic heterocycles. The van der Waals surface area contributed by atoms with Crippen molar-refractivity contribution in [1.29, 1.82) is 0 Å². The summed E-state index contributed by atoms with van der Waals surface area (Å²) in [4.78, 5) is 43.8. The summed E-state index contributed by atoms with van der Waals surface area (Å²) in [5.41, 5.74) is 0. The van der Waals surface area contributed by atoms with E-state index in [4.69, 9.17) is 0 Å². The Morgan fingerprint density at radius 1 is 0.607 bits per heavy atom. The molecule has 1 heterocycles. The molecule has 1 saturated heterocycles. The van der Waals surface area contributed by atoms with Crippen LogP contribution in [-0.4, -0.2) is 71.7 Å². The smallest absolute Gasteiger partial charge is 0.225 e. The minimum Gasteiger partial charge on any atom is -0.339 e. The molecule has 3 amide bonds. The minimum atomic E-state index is -0.0691. The topological polar surface area (TPSA) is 60.9 Å². The van der Waals surface area contributed by atoms with Gasteiger partial charge in [-0.15, -0.1) is 0 Å². The first-order chi connectivity index (χ1) is 13.0. The first-order valence-corrected chi connectivity index (χ1v) is 10.9. The SMILES string of the molecule is CC(C)CC(=O)N1CCN(C(=O)CC(C)C)CCN(C(=O)C(C)C(C)C)CC1. The molecule has 28 heavy (non-hydrogen) atoms. The molecule has 0 radical (unpaired) electrons. The van der Waals surface area contributed by atoms with Crippen LogP contribution in [0, 0.1) is 23.7 Å². The van der Waals surface area contributed by atoms with Crippen LogP contribution in [0.4, 0.5) is 0 Å². The summed E-state index contributed by atoms with van der Waals surface area (Å²) in [5.74, 6) is 1.10. The van der Waals surface area contributed by atoms with Crippen molar-refractivity contribution in [2.24, 2.45) is 23.7 Å². The highest BCUT2D eigenvalue weighted by molar-refractivity contribution is 5.80. The van der Waals surface area contributed by atoms with E-state index in [1.165, 1.54) is 0 Å². The lowest BCUT2D eigenvalue weighted by Crippen LogP contribution is -2.44. The largest absolute Gasteiger partial charge is 0.339 e. The van der Waals surface area contributed by atoms with Crippen LogP contribution in [0.5, 0.6) is 0 Å². The molecular weight excluding hydrogens is 354 g/mol. The predicted octanol–water partition coefficient (Wildman–Crippen LogP) is 2.87. The van der Waals surface area contributed by atoms with Gasteiger partial charge in [0.1, 0.15) is 0 Å². The molecule has 0 N–H and O–H groups in total. The summed E-state index contributed by atoms with van der Waals surface area (Å²) in [6.45, 7) is 17.4. The highest BCUT2D eigenvalue weighted by Crippen LogP contribution is 2.15. The van der Waals surface area contributed by atoms with Crippen molar-refractivity contribution in [2.75, 3.05) is 39.3 Å². The first-order valence-electron chi connectivity index (χ1n) is 10.9. The molecule has 0 aliphatic carbocycles. The predicted molar refractivity (Wildman–Crippen MR) is 113 cm³/mol. The summed E-state index contributed by atoms with van der Waals surface area (Å²) in [6.07, 6.45) is 0.993. The quantitative estimate of drug-likeness (QED) is 0.695. The normalized spacial score (nSPS) is 17.6. The average molecular weight is 396 g/mol. The Balaban J connectivity index is 2.98. The average Bonchev–Trinajstić information content (AvgIpc) is 2.69. The summed E-state index contributed by atoms with van der Waals surface area (Å²) >= 11 is 0. The fourth-order valence-corrected chi connectivity index (χ4v) is 3.31.